The summed E-state index contributed by atoms with van der Waals surface area (Å²) in [7, 11) is 0. The Kier molecular flexibility index (Phi) is 5.97. The van der Waals surface area contributed by atoms with Crippen molar-refractivity contribution < 1.29 is 14.4 Å². The first-order valence-corrected chi connectivity index (χ1v) is 8.48. The van der Waals surface area contributed by atoms with E-state index in [1.165, 1.54) is 0 Å². The van der Waals surface area contributed by atoms with Gasteiger partial charge >= 0.3 is 6.09 Å². The van der Waals surface area contributed by atoms with Crippen LogP contribution in [0.15, 0.2) is 90.1 Å². The molecule has 27 heavy (non-hydrogen) atoms. The van der Waals surface area contributed by atoms with Gasteiger partial charge in [-0.1, -0.05) is 77.4 Å². The van der Waals surface area contributed by atoms with Gasteiger partial charge in [-0.05, 0) is 24.3 Å². The van der Waals surface area contributed by atoms with Gasteiger partial charge in [0.1, 0.15) is 0 Å². The molecule has 6 heteroatoms. The summed E-state index contributed by atoms with van der Waals surface area (Å²) in [6.45, 7) is 0. The Morgan fingerprint density at radius 1 is 0.778 bits per heavy atom. The number of anilines is 1. The Balaban J connectivity index is 1.81. The lowest BCUT2D eigenvalue weighted by atomic mass is 10.0. The third kappa shape index (κ3) is 5.03. The number of nitrogens with zero attached hydrogens (tertiary/aromatic N) is 1. The van der Waals surface area contributed by atoms with E-state index < -0.39 is 6.09 Å². The molecule has 1 amide bonds. The number of amides is 1. The maximum atomic E-state index is 12.8. The lowest BCUT2D eigenvalue weighted by Crippen LogP contribution is -2.19. The lowest BCUT2D eigenvalue weighted by molar-refractivity contribution is 0.106. The van der Waals surface area contributed by atoms with Gasteiger partial charge in [0.05, 0.1) is 0 Å². The van der Waals surface area contributed by atoms with Crippen molar-refractivity contribution in [2.24, 2.45) is 5.16 Å². The van der Waals surface area contributed by atoms with E-state index in [-0.39, 0.29) is 11.5 Å². The molecular formula is C21H15ClN2O3. The van der Waals surface area contributed by atoms with Crippen molar-refractivity contribution in [3.63, 3.8) is 0 Å². The third-order valence-electron chi connectivity index (χ3n) is 3.61. The van der Waals surface area contributed by atoms with E-state index in [0.717, 1.165) is 0 Å². The SMILES string of the molecule is O=C(Nc1ccc(Cl)cc1)O/N=C(\C(=O)c1ccccc1)c1ccccc1. The molecule has 0 fully saturated rings. The first-order valence-electron chi connectivity index (χ1n) is 8.10. The van der Waals surface area contributed by atoms with Gasteiger partial charge in [-0.25, -0.2) is 4.79 Å². The average molecular weight is 379 g/mol. The highest BCUT2D eigenvalue weighted by molar-refractivity contribution is 6.51. The predicted molar refractivity (Wildman–Crippen MR) is 105 cm³/mol. The van der Waals surface area contributed by atoms with Crippen LogP contribution in [0.4, 0.5) is 10.5 Å². The molecule has 0 unspecified atom stereocenters. The average Bonchev–Trinajstić information content (AvgIpc) is 2.71. The van der Waals surface area contributed by atoms with Gasteiger partial charge < -0.3 is 0 Å². The standard InChI is InChI=1S/C21H15ClN2O3/c22-17-11-13-18(14-12-17)23-21(26)27-24-19(15-7-3-1-4-8-15)20(25)16-9-5-2-6-10-16/h1-14H,(H,23,26)/b24-19-. The summed E-state index contributed by atoms with van der Waals surface area (Å²) in [6, 6.07) is 24.0. The van der Waals surface area contributed by atoms with Crippen LogP contribution >= 0.6 is 11.6 Å². The number of carbonyl (C=O) groups excluding carboxylic acids is 2. The molecule has 3 aromatic carbocycles. The first-order chi connectivity index (χ1) is 13.1. The molecule has 0 aliphatic heterocycles. The molecule has 0 aliphatic carbocycles. The van der Waals surface area contributed by atoms with Crippen molar-refractivity contribution in [1.82, 2.24) is 0 Å². The number of rotatable bonds is 5. The van der Waals surface area contributed by atoms with Crippen molar-refractivity contribution in [3.8, 4) is 0 Å². The molecule has 3 aromatic rings. The third-order valence-corrected chi connectivity index (χ3v) is 3.86. The highest BCUT2D eigenvalue weighted by atomic mass is 35.5. The number of ketones is 1. The van der Waals surface area contributed by atoms with Crippen LogP contribution in [-0.4, -0.2) is 17.6 Å². The number of carbonyl (C=O) groups is 2. The molecule has 0 spiro atoms. The second kappa shape index (κ2) is 8.78. The molecule has 0 heterocycles. The minimum Gasteiger partial charge on any atom is -0.297 e. The van der Waals surface area contributed by atoms with Crippen molar-refractivity contribution in [2.75, 3.05) is 5.32 Å². The van der Waals surface area contributed by atoms with E-state index in [2.05, 4.69) is 10.5 Å². The number of Topliss-reactive ketones (excluding diaryl/α,β-unsaturated/α-hetero) is 1. The lowest BCUT2D eigenvalue weighted by Gasteiger charge is -2.07. The highest BCUT2D eigenvalue weighted by Gasteiger charge is 2.18. The fraction of sp³-hybridized carbons (Fsp3) is 0. The van der Waals surface area contributed by atoms with Gasteiger partial charge in [0.2, 0.25) is 5.78 Å². The summed E-state index contributed by atoms with van der Waals surface area (Å²) in [4.78, 5) is 29.7. The summed E-state index contributed by atoms with van der Waals surface area (Å²) in [5, 5.41) is 6.88. The van der Waals surface area contributed by atoms with Crippen molar-refractivity contribution >= 4 is 34.9 Å². The zero-order valence-electron chi connectivity index (χ0n) is 14.1. The number of benzene rings is 3. The van der Waals surface area contributed by atoms with Gasteiger partial charge in [-0.15, -0.1) is 0 Å². The van der Waals surface area contributed by atoms with Crippen LogP contribution in [0.2, 0.25) is 5.02 Å². The summed E-state index contributed by atoms with van der Waals surface area (Å²) in [6.07, 6.45) is -0.813. The van der Waals surface area contributed by atoms with Gasteiger partial charge in [0.25, 0.3) is 0 Å². The molecular weight excluding hydrogens is 364 g/mol. The number of hydrogen-bond donors (Lipinski definition) is 1. The Morgan fingerprint density at radius 3 is 1.93 bits per heavy atom. The van der Waals surface area contributed by atoms with Crippen LogP contribution in [0.25, 0.3) is 0 Å². The number of hydrogen-bond acceptors (Lipinski definition) is 4. The van der Waals surface area contributed by atoms with E-state index in [1.54, 1.807) is 72.8 Å². The molecule has 0 atom stereocenters. The summed E-state index contributed by atoms with van der Waals surface area (Å²) < 4.78 is 0. The van der Waals surface area contributed by atoms with E-state index in [1.807, 2.05) is 12.1 Å². The molecule has 0 bridgehead atoms. The minimum absolute atomic E-state index is 0.0352. The molecule has 0 saturated carbocycles. The molecule has 0 saturated heterocycles. The van der Waals surface area contributed by atoms with Crippen LogP contribution in [0.1, 0.15) is 15.9 Å². The summed E-state index contributed by atoms with van der Waals surface area (Å²) >= 11 is 5.81. The van der Waals surface area contributed by atoms with Crippen LogP contribution in [-0.2, 0) is 4.84 Å². The zero-order valence-corrected chi connectivity index (χ0v) is 14.9. The second-order valence-corrected chi connectivity index (χ2v) is 5.95. The van der Waals surface area contributed by atoms with E-state index in [4.69, 9.17) is 16.4 Å². The quantitative estimate of drug-likeness (QED) is 0.288. The van der Waals surface area contributed by atoms with Gasteiger partial charge in [-0.2, -0.15) is 0 Å². The summed E-state index contributed by atoms with van der Waals surface area (Å²) in [5.74, 6) is -0.346. The van der Waals surface area contributed by atoms with Crippen molar-refractivity contribution in [1.29, 1.82) is 0 Å². The normalized spacial score (nSPS) is 10.9. The largest absolute Gasteiger partial charge is 0.437 e. The predicted octanol–water partition coefficient (Wildman–Crippen LogP) is 5.18. The minimum atomic E-state index is -0.813. The number of oxime groups is 1. The summed E-state index contributed by atoms with van der Waals surface area (Å²) in [5.41, 5.74) is 1.52. The number of halogens is 1. The molecule has 0 aromatic heterocycles. The van der Waals surface area contributed by atoms with E-state index >= 15 is 0 Å². The van der Waals surface area contributed by atoms with Crippen LogP contribution in [0.3, 0.4) is 0 Å². The molecule has 0 radical (unpaired) electrons. The fourth-order valence-corrected chi connectivity index (χ4v) is 2.43. The zero-order chi connectivity index (χ0) is 19.1. The fourth-order valence-electron chi connectivity index (χ4n) is 2.31. The van der Waals surface area contributed by atoms with Crippen molar-refractivity contribution in [2.45, 2.75) is 0 Å². The number of nitrogens with one attached hydrogen (secondary N) is 1. The Hall–Kier alpha value is -3.44. The Bertz CT molecular complexity index is 956. The van der Waals surface area contributed by atoms with Gasteiger partial charge in [0, 0.05) is 21.8 Å². The monoisotopic (exact) mass is 378 g/mol. The maximum absolute atomic E-state index is 12.8. The first kappa shape index (κ1) is 18.4. The molecule has 0 aliphatic rings. The van der Waals surface area contributed by atoms with Crippen molar-refractivity contribution in [3.05, 3.63) is 101 Å². The van der Waals surface area contributed by atoms with Crippen LogP contribution in [0, 0.1) is 0 Å². The topological polar surface area (TPSA) is 67.8 Å². The second-order valence-electron chi connectivity index (χ2n) is 5.51. The van der Waals surface area contributed by atoms with Gasteiger partial charge in [0.15, 0.2) is 5.71 Å². The van der Waals surface area contributed by atoms with Crippen LogP contribution in [0.5, 0.6) is 0 Å². The maximum Gasteiger partial charge on any atom is 0.437 e. The smallest absolute Gasteiger partial charge is 0.297 e. The molecule has 134 valence electrons. The highest BCUT2D eigenvalue weighted by Crippen LogP contribution is 2.14. The van der Waals surface area contributed by atoms with Gasteiger partial charge in [-0.3, -0.25) is 14.9 Å². The van der Waals surface area contributed by atoms with Crippen LogP contribution < -0.4 is 5.32 Å². The van der Waals surface area contributed by atoms with E-state index in [9.17, 15) is 9.59 Å². The molecule has 3 rings (SSSR count). The Morgan fingerprint density at radius 2 is 1.33 bits per heavy atom. The molecule has 1 N–H and O–H groups in total. The Labute approximate surface area is 161 Å². The molecule has 5 nitrogen and oxygen atoms in total. The van der Waals surface area contributed by atoms with E-state index in [0.29, 0.717) is 21.8 Å².